The van der Waals surface area contributed by atoms with Crippen molar-refractivity contribution in [2.24, 2.45) is 0 Å². The predicted octanol–water partition coefficient (Wildman–Crippen LogP) is 11.8. The molecule has 0 saturated carbocycles. The Kier molecular flexibility index (Phi) is 34.2. The third-order valence-corrected chi connectivity index (χ3v) is 17.5. The second-order valence-corrected chi connectivity index (χ2v) is 22.6. The van der Waals surface area contributed by atoms with Crippen LogP contribution in [0.5, 0.6) is 11.6 Å². The zero-order valence-electron chi connectivity index (χ0n) is 44.2. The van der Waals surface area contributed by atoms with Crippen molar-refractivity contribution in [1.82, 2.24) is 34.7 Å². The van der Waals surface area contributed by atoms with E-state index >= 15 is 0 Å². The molecule has 0 amide bonds. The van der Waals surface area contributed by atoms with Crippen molar-refractivity contribution in [1.29, 1.82) is 0 Å². The average Bonchev–Trinajstić information content (AvgIpc) is 3.89. The number of benzene rings is 1. The summed E-state index contributed by atoms with van der Waals surface area (Å²) < 4.78 is 74.4. The summed E-state index contributed by atoms with van der Waals surface area (Å²) in [6.07, 6.45) is -1.03. The fourth-order valence-corrected chi connectivity index (χ4v) is 9.13. The normalized spacial score (nSPS) is 10.2. The molecule has 6 aromatic heterocycles. The maximum atomic E-state index is 12.5. The van der Waals surface area contributed by atoms with E-state index in [1.807, 2.05) is 32.9 Å². The number of ether oxygens (including phenoxy) is 1. The predicted molar refractivity (Wildman–Crippen MR) is 327 cm³/mol. The minimum absolute atomic E-state index is 0. The molecule has 0 aliphatic rings. The van der Waals surface area contributed by atoms with Crippen LogP contribution in [-0.2, 0) is 62.7 Å². The minimum atomic E-state index is -4.59. The number of hydrogen-bond donors (Lipinski definition) is 1. The zero-order chi connectivity index (χ0) is 58.8. The number of alkyl halides is 5. The second-order valence-electron chi connectivity index (χ2n) is 15.9. The van der Waals surface area contributed by atoms with Crippen LogP contribution in [0, 0.1) is 20.4 Å². The van der Waals surface area contributed by atoms with E-state index in [-0.39, 0.29) is 41.8 Å². The first-order valence-electron chi connectivity index (χ1n) is 23.4. The summed E-state index contributed by atoms with van der Waals surface area (Å²) in [4.78, 5) is 35.9. The van der Waals surface area contributed by atoms with Gasteiger partial charge in [0.2, 0.25) is 11.0 Å². The van der Waals surface area contributed by atoms with Crippen molar-refractivity contribution in [2.75, 3.05) is 7.11 Å². The van der Waals surface area contributed by atoms with Gasteiger partial charge in [-0.25, -0.2) is 59.0 Å². The Morgan fingerprint density at radius 2 is 1.35 bits per heavy atom. The van der Waals surface area contributed by atoms with Crippen LogP contribution in [0.25, 0.3) is 21.8 Å². The molecular weight excluding hydrogens is 1390 g/mol. The Morgan fingerprint density at radius 1 is 0.725 bits per heavy atom. The van der Waals surface area contributed by atoms with Crippen LogP contribution in [0.3, 0.4) is 0 Å². The van der Waals surface area contributed by atoms with Gasteiger partial charge in [0.25, 0.3) is 45.5 Å². The molecule has 0 spiro atoms. The number of thiocarbonyl (C=S) groups is 3. The quantitative estimate of drug-likeness (QED) is 0.0506. The molecule has 0 aliphatic heterocycles. The molecule has 1 N–H and O–H groups in total. The molecule has 1 aromatic carbocycles. The van der Waals surface area contributed by atoms with E-state index in [2.05, 4.69) is 78.2 Å². The molecule has 0 bridgehead atoms. The molecule has 0 fully saturated rings. The first-order chi connectivity index (χ1) is 37.7. The van der Waals surface area contributed by atoms with Gasteiger partial charge < -0.3 is 13.6 Å². The monoisotopic (exact) mass is 1440 g/mol. The average molecular weight is 1440 g/mol. The molecular formula is C52H51Al4F5IrN8O4S6. The van der Waals surface area contributed by atoms with Crippen molar-refractivity contribution in [3.63, 3.8) is 0 Å². The van der Waals surface area contributed by atoms with Crippen LogP contribution in [-0.4, -0.2) is 128 Å². The van der Waals surface area contributed by atoms with Gasteiger partial charge in [0.15, 0.2) is 22.2 Å². The number of methoxy groups -OCH3 is 1. The van der Waals surface area contributed by atoms with Gasteiger partial charge in [0, 0.05) is 55.4 Å². The maximum absolute atomic E-state index is 12.5. The number of halogens is 5. The Labute approximate surface area is 535 Å². The molecule has 0 aliphatic carbocycles. The Morgan fingerprint density at radius 3 is 1.88 bits per heavy atom. The van der Waals surface area contributed by atoms with E-state index < -0.39 is 31.1 Å². The van der Waals surface area contributed by atoms with Crippen molar-refractivity contribution in [3.05, 3.63) is 177 Å². The molecule has 5 radical (unpaired) electrons. The Balaban J connectivity index is 0.000000343. The maximum Gasteiger partial charge on any atom is 0.495 e. The summed E-state index contributed by atoms with van der Waals surface area (Å²) in [5, 5.41) is 12.9. The van der Waals surface area contributed by atoms with Crippen LogP contribution in [0.1, 0.15) is 100 Å². The minimum Gasteiger partial charge on any atom is -0.641 e. The van der Waals surface area contributed by atoms with Crippen molar-refractivity contribution < 1.29 is 60.5 Å². The van der Waals surface area contributed by atoms with Gasteiger partial charge in [-0.15, -0.1) is 0 Å². The second kappa shape index (κ2) is 37.6. The van der Waals surface area contributed by atoms with Gasteiger partial charge >= 0.3 is 22.8 Å². The number of aromatic nitrogens is 7. The first kappa shape index (κ1) is 72.6. The van der Waals surface area contributed by atoms with Crippen molar-refractivity contribution >= 4 is 153 Å². The van der Waals surface area contributed by atoms with E-state index in [9.17, 15) is 31.9 Å². The van der Waals surface area contributed by atoms with Gasteiger partial charge in [0.05, 0.1) is 44.9 Å². The Bertz CT molecular complexity index is 3220. The number of nitrogens with zero attached hydrogens (tertiary/aromatic N) is 8. The number of carbonyl (C=O) groups excluding carboxylic acids is 1. The van der Waals surface area contributed by atoms with Gasteiger partial charge in [0.1, 0.15) is 30.5 Å². The third kappa shape index (κ3) is 23.3. The standard InChI is InChI=1S/C15H15NS2.C11H10F3N3O.C9H10FNOS.C9H8N2S2.C8H8FNO2S.4Al.Ir.4H/c1-2-6-13-9-12(10-14(16-13)15(17)18)11-7-4-3-5-8-11;1-2-7-4-3-5-9(15-7)17-10(18)6-8(16-17)11(12,13)14;1-5-3-6(2)8(9(12)13)11-7(5)4-10;1-3-6-4-7(10-2)5-8(11-6)9(12)13;1-12-6-2-5(4-9)10-7(3-6)8(11)13;;;;;;;;;/h3-5,7-10H,2,6H2,1H3,(H,17,18);3-6,18H,2H2,1H3;3H,4H2,1-2H3,(H,12,13);4-5H,3H2,1H3,(H,12,13);2-3H,4H2,1H3,(H,11,13);;;;;;;;;/q;;;;;4*+1;;;;;/p-4. The van der Waals surface area contributed by atoms with E-state index in [4.69, 9.17) is 51.8 Å². The number of carbonyl (C=O) groups is 1. The smallest absolute Gasteiger partial charge is 0.495 e. The van der Waals surface area contributed by atoms with E-state index in [1.54, 1.807) is 77.7 Å². The molecule has 415 valence electrons. The molecule has 7 rings (SSSR count). The Hall–Kier alpha value is -3.51. The fraction of sp³-hybridized carbons (Fsp3) is 0.250. The van der Waals surface area contributed by atoms with Crippen LogP contribution in [0.15, 0.2) is 97.1 Å². The van der Waals surface area contributed by atoms with Gasteiger partial charge in [-0.2, -0.15) is 23.0 Å². The summed E-state index contributed by atoms with van der Waals surface area (Å²) >= 11 is 21.7. The first-order valence-corrected chi connectivity index (χ1v) is 33.4. The third-order valence-electron chi connectivity index (χ3n) is 10.4. The van der Waals surface area contributed by atoms with Crippen molar-refractivity contribution in [2.45, 2.75) is 79.8 Å². The number of hydrogen-bond acceptors (Lipinski definition) is 16. The molecule has 0 unspecified atom stereocenters. The summed E-state index contributed by atoms with van der Waals surface area (Å²) in [6, 6.07) is 28.6. The fourth-order valence-electron chi connectivity index (χ4n) is 6.53. The molecule has 7 aromatic rings. The zero-order valence-corrected chi connectivity index (χ0v) is 57.2. The number of aromatic hydroxyl groups is 1. The largest absolute Gasteiger partial charge is 0.641 e. The molecule has 80 heavy (non-hydrogen) atoms. The van der Waals surface area contributed by atoms with Crippen LogP contribution >= 0.6 is 67.0 Å². The van der Waals surface area contributed by atoms with Crippen LogP contribution in [0.4, 0.5) is 27.6 Å². The molecule has 12 nitrogen and oxygen atoms in total. The van der Waals surface area contributed by atoms with Gasteiger partial charge in [-0.3, -0.25) is 14.8 Å². The van der Waals surface area contributed by atoms with Crippen LogP contribution < -0.4 is 4.74 Å². The number of pyridine rings is 5. The van der Waals surface area contributed by atoms with Crippen LogP contribution in [0.2, 0.25) is 0 Å². The SMILES string of the molecule is CCCc1cc(-c2ccccc2)cc(C(=S)[S][AlH])n1.CCc1cccc(-n2nc(C(F)(F)F)cc2O)n1.COc1cc(CF)nc(C(=S)[O][AlH])c1.Cc1cc(C)c(C(=O)[S][AlH])nc1CF.[C-]#[N+]c1cc(CC)nc(C(=S)[S][AlH])c1.[Ir]. The van der Waals surface area contributed by atoms with E-state index in [0.717, 1.165) is 76.4 Å². The summed E-state index contributed by atoms with van der Waals surface area (Å²) in [6.45, 7) is 15.4. The summed E-state index contributed by atoms with van der Waals surface area (Å²) in [5.74, 6) is 0.0795. The van der Waals surface area contributed by atoms with Gasteiger partial charge in [-0.05, 0) is 104 Å². The number of rotatable bonds is 13. The van der Waals surface area contributed by atoms with E-state index in [0.29, 0.717) is 46.7 Å². The summed E-state index contributed by atoms with van der Waals surface area (Å²) in [7, 11) is 5.74. The van der Waals surface area contributed by atoms with E-state index in [1.165, 1.54) is 72.3 Å². The topological polar surface area (TPSA) is 142 Å². The molecule has 28 heteroatoms. The molecule has 0 saturated heterocycles. The molecule has 0 atom stereocenters. The van der Waals surface area contributed by atoms with Gasteiger partial charge in [-0.1, -0.05) is 94.1 Å². The summed E-state index contributed by atoms with van der Waals surface area (Å²) in [5.41, 5.74) is 9.37. The van der Waals surface area contributed by atoms with Crippen molar-refractivity contribution in [3.8, 4) is 28.6 Å². The number of aryl methyl sites for hydroxylation is 5. The molecule has 6 heterocycles.